The molecule has 2 rings (SSSR count). The van der Waals surface area contributed by atoms with Crippen molar-refractivity contribution in [2.75, 3.05) is 13.2 Å². The van der Waals surface area contributed by atoms with Gasteiger partial charge >= 0.3 is 0 Å². The molecule has 0 spiro atoms. The molecular weight excluding hydrogens is 216 g/mol. The first kappa shape index (κ1) is 12.1. The average molecular weight is 234 g/mol. The maximum Gasteiger partial charge on any atom is 0.191 e. The summed E-state index contributed by atoms with van der Waals surface area (Å²) < 4.78 is 10.8. The Labute approximate surface area is 102 Å². The zero-order chi connectivity index (χ0) is 12.1. The number of hydrogen-bond donors (Lipinski definition) is 0. The van der Waals surface area contributed by atoms with Crippen molar-refractivity contribution >= 4 is 5.78 Å². The van der Waals surface area contributed by atoms with Crippen LogP contribution in [0.4, 0.5) is 0 Å². The minimum absolute atomic E-state index is 0.0905. The molecule has 1 aliphatic rings. The lowest BCUT2D eigenvalue weighted by Crippen LogP contribution is -2.28. The summed E-state index contributed by atoms with van der Waals surface area (Å²) in [6, 6.07) is 7.29. The van der Waals surface area contributed by atoms with E-state index in [0.717, 1.165) is 25.0 Å². The monoisotopic (exact) mass is 234 g/mol. The van der Waals surface area contributed by atoms with Gasteiger partial charge in [0.1, 0.15) is 11.9 Å². The van der Waals surface area contributed by atoms with E-state index in [1.165, 1.54) is 0 Å². The number of carbonyl (C=O) groups is 1. The van der Waals surface area contributed by atoms with Gasteiger partial charge in [0, 0.05) is 12.2 Å². The predicted molar refractivity (Wildman–Crippen MR) is 65.5 cm³/mol. The molecule has 17 heavy (non-hydrogen) atoms. The van der Waals surface area contributed by atoms with Gasteiger partial charge in [-0.15, -0.1) is 0 Å². The SMILES string of the molecule is CCOc1ccc(C(=O)C2CCCCO2)cc1. The Balaban J connectivity index is 2.03. The van der Waals surface area contributed by atoms with E-state index in [9.17, 15) is 4.79 Å². The smallest absolute Gasteiger partial charge is 0.191 e. The van der Waals surface area contributed by atoms with Crippen LogP contribution in [0.15, 0.2) is 24.3 Å². The van der Waals surface area contributed by atoms with E-state index in [-0.39, 0.29) is 11.9 Å². The van der Waals surface area contributed by atoms with Crippen LogP contribution < -0.4 is 4.74 Å². The first-order valence-corrected chi connectivity index (χ1v) is 6.20. The summed E-state index contributed by atoms with van der Waals surface area (Å²) in [6.45, 7) is 3.28. The van der Waals surface area contributed by atoms with Crippen molar-refractivity contribution in [2.45, 2.75) is 32.3 Å². The van der Waals surface area contributed by atoms with Crippen LogP contribution in [-0.2, 0) is 4.74 Å². The lowest BCUT2D eigenvalue weighted by atomic mass is 10.00. The molecule has 1 aromatic rings. The molecule has 3 nitrogen and oxygen atoms in total. The van der Waals surface area contributed by atoms with Crippen LogP contribution in [0.2, 0.25) is 0 Å². The van der Waals surface area contributed by atoms with Crippen LogP contribution in [0, 0.1) is 0 Å². The summed E-state index contributed by atoms with van der Waals surface area (Å²) in [5.74, 6) is 0.890. The number of ketones is 1. The van der Waals surface area contributed by atoms with Gasteiger partial charge in [-0.3, -0.25) is 4.79 Å². The fourth-order valence-electron chi connectivity index (χ4n) is 2.02. The van der Waals surface area contributed by atoms with Gasteiger partial charge in [-0.25, -0.2) is 0 Å². The highest BCUT2D eigenvalue weighted by Gasteiger charge is 2.22. The Morgan fingerprint density at radius 3 is 2.71 bits per heavy atom. The van der Waals surface area contributed by atoms with Crippen molar-refractivity contribution in [2.24, 2.45) is 0 Å². The van der Waals surface area contributed by atoms with E-state index >= 15 is 0 Å². The van der Waals surface area contributed by atoms with Crippen molar-refractivity contribution in [3.05, 3.63) is 29.8 Å². The van der Waals surface area contributed by atoms with Crippen molar-refractivity contribution in [3.63, 3.8) is 0 Å². The highest BCUT2D eigenvalue weighted by atomic mass is 16.5. The molecule has 0 aromatic heterocycles. The van der Waals surface area contributed by atoms with Crippen LogP contribution in [0.5, 0.6) is 5.75 Å². The second-order valence-corrected chi connectivity index (χ2v) is 4.18. The number of rotatable bonds is 4. The summed E-state index contributed by atoms with van der Waals surface area (Å²) >= 11 is 0. The van der Waals surface area contributed by atoms with Gasteiger partial charge in [0.05, 0.1) is 6.61 Å². The molecule has 0 aliphatic carbocycles. The molecular formula is C14H18O3. The molecule has 1 aromatic carbocycles. The van der Waals surface area contributed by atoms with Gasteiger partial charge in [0.2, 0.25) is 0 Å². The Bertz CT molecular complexity index is 364. The molecule has 3 heteroatoms. The Morgan fingerprint density at radius 1 is 1.35 bits per heavy atom. The Morgan fingerprint density at radius 2 is 2.12 bits per heavy atom. The zero-order valence-electron chi connectivity index (χ0n) is 10.1. The molecule has 1 saturated heterocycles. The molecule has 1 fully saturated rings. The highest BCUT2D eigenvalue weighted by Crippen LogP contribution is 2.19. The molecule has 1 unspecified atom stereocenters. The van der Waals surface area contributed by atoms with E-state index in [1.54, 1.807) is 0 Å². The van der Waals surface area contributed by atoms with Crippen molar-refractivity contribution in [1.82, 2.24) is 0 Å². The third-order valence-electron chi connectivity index (χ3n) is 2.92. The highest BCUT2D eigenvalue weighted by molar-refractivity contribution is 5.99. The summed E-state index contributed by atoms with van der Waals surface area (Å²) in [7, 11) is 0. The van der Waals surface area contributed by atoms with Crippen LogP contribution in [0.25, 0.3) is 0 Å². The quantitative estimate of drug-likeness (QED) is 0.751. The van der Waals surface area contributed by atoms with Gasteiger partial charge in [0.15, 0.2) is 5.78 Å². The van der Waals surface area contributed by atoms with Gasteiger partial charge in [-0.2, -0.15) is 0 Å². The summed E-state index contributed by atoms with van der Waals surface area (Å²) in [5.41, 5.74) is 0.709. The van der Waals surface area contributed by atoms with Crippen LogP contribution in [0.3, 0.4) is 0 Å². The summed E-state index contributed by atoms with van der Waals surface area (Å²) in [5, 5.41) is 0. The third kappa shape index (κ3) is 3.07. The molecule has 0 saturated carbocycles. The molecule has 0 N–H and O–H groups in total. The minimum Gasteiger partial charge on any atom is -0.494 e. The molecule has 0 amide bonds. The minimum atomic E-state index is -0.248. The average Bonchev–Trinajstić information content (AvgIpc) is 2.40. The lowest BCUT2D eigenvalue weighted by molar-refractivity contribution is 0.0186. The van der Waals surface area contributed by atoms with Crippen LogP contribution in [0.1, 0.15) is 36.5 Å². The number of carbonyl (C=O) groups excluding carboxylic acids is 1. The third-order valence-corrected chi connectivity index (χ3v) is 2.92. The largest absolute Gasteiger partial charge is 0.494 e. The van der Waals surface area contributed by atoms with E-state index in [1.807, 2.05) is 31.2 Å². The first-order valence-electron chi connectivity index (χ1n) is 6.20. The van der Waals surface area contributed by atoms with Crippen molar-refractivity contribution < 1.29 is 14.3 Å². The van der Waals surface area contributed by atoms with E-state index < -0.39 is 0 Å². The second-order valence-electron chi connectivity index (χ2n) is 4.18. The normalized spacial score (nSPS) is 19.9. The van der Waals surface area contributed by atoms with Crippen LogP contribution in [-0.4, -0.2) is 25.1 Å². The lowest BCUT2D eigenvalue weighted by Gasteiger charge is -2.21. The van der Waals surface area contributed by atoms with E-state index in [2.05, 4.69) is 0 Å². The molecule has 0 radical (unpaired) electrons. The van der Waals surface area contributed by atoms with Gasteiger partial charge in [-0.05, 0) is 50.5 Å². The maximum atomic E-state index is 12.1. The molecule has 1 atom stereocenters. The van der Waals surface area contributed by atoms with E-state index in [4.69, 9.17) is 9.47 Å². The number of Topliss-reactive ketones (excluding diaryl/α,β-unsaturated/α-hetero) is 1. The maximum absolute atomic E-state index is 12.1. The van der Waals surface area contributed by atoms with Gasteiger partial charge < -0.3 is 9.47 Å². The van der Waals surface area contributed by atoms with Crippen molar-refractivity contribution in [1.29, 1.82) is 0 Å². The molecule has 0 bridgehead atoms. The summed E-state index contributed by atoms with van der Waals surface area (Å²) in [6.07, 6.45) is 2.73. The Hall–Kier alpha value is -1.35. The fourth-order valence-corrected chi connectivity index (χ4v) is 2.02. The fraction of sp³-hybridized carbons (Fsp3) is 0.500. The second kappa shape index (κ2) is 5.82. The zero-order valence-corrected chi connectivity index (χ0v) is 10.1. The Kier molecular flexibility index (Phi) is 4.15. The van der Waals surface area contributed by atoms with Gasteiger partial charge in [-0.1, -0.05) is 0 Å². The first-order chi connectivity index (χ1) is 8.31. The van der Waals surface area contributed by atoms with Crippen molar-refractivity contribution in [3.8, 4) is 5.75 Å². The van der Waals surface area contributed by atoms with Crippen LogP contribution >= 0.6 is 0 Å². The standard InChI is InChI=1S/C14H18O3/c1-2-16-12-8-6-11(7-9-12)14(15)13-5-3-4-10-17-13/h6-9,13H,2-5,10H2,1H3. The van der Waals surface area contributed by atoms with Gasteiger partial charge in [0.25, 0.3) is 0 Å². The number of benzene rings is 1. The molecule has 1 heterocycles. The van der Waals surface area contributed by atoms with E-state index in [0.29, 0.717) is 18.8 Å². The number of hydrogen-bond acceptors (Lipinski definition) is 3. The molecule has 92 valence electrons. The summed E-state index contributed by atoms with van der Waals surface area (Å²) in [4.78, 5) is 12.1. The predicted octanol–water partition coefficient (Wildman–Crippen LogP) is 2.84. The number of ether oxygens (including phenoxy) is 2. The molecule has 1 aliphatic heterocycles. The topological polar surface area (TPSA) is 35.5 Å².